The largest absolute Gasteiger partial charge is 0.477 e. The number of carboxylic acids is 1. The Bertz CT molecular complexity index is 1410. The Hall–Kier alpha value is -4.03. The first-order valence-corrected chi connectivity index (χ1v) is 12.3. The lowest BCUT2D eigenvalue weighted by Crippen LogP contribution is -2.72. The van der Waals surface area contributed by atoms with Gasteiger partial charge >= 0.3 is 23.5 Å². The Labute approximate surface area is 216 Å². The molecular formula is C19H20FN10O5S2+. The number of aromatic nitrogens is 3. The number of amides is 2. The summed E-state index contributed by atoms with van der Waals surface area (Å²) in [6, 6.07) is 2.13. The highest BCUT2D eigenvalue weighted by molar-refractivity contribution is 8.02. The first-order valence-electron chi connectivity index (χ1n) is 10.5. The van der Waals surface area contributed by atoms with E-state index in [1.165, 1.54) is 16.3 Å². The minimum absolute atomic E-state index is 0.0496. The van der Waals surface area contributed by atoms with Crippen LogP contribution >= 0.6 is 23.7 Å². The average molecular weight is 552 g/mol. The van der Waals surface area contributed by atoms with Gasteiger partial charge in [0, 0.05) is 17.8 Å². The number of nitrogens with zero attached hydrogens (tertiary/aromatic N) is 6. The number of hydrogen-bond donors (Lipinski definition) is 5. The molecule has 0 radical (unpaired) electrons. The lowest BCUT2D eigenvalue weighted by molar-refractivity contribution is -0.666. The van der Waals surface area contributed by atoms with Gasteiger partial charge in [0.1, 0.15) is 41.2 Å². The van der Waals surface area contributed by atoms with E-state index in [1.54, 1.807) is 40.3 Å². The Kier molecular flexibility index (Phi) is 6.30. The summed E-state index contributed by atoms with van der Waals surface area (Å²) in [5, 5.41) is 20.1. The van der Waals surface area contributed by atoms with Gasteiger partial charge in [0.15, 0.2) is 0 Å². The molecule has 3 aliphatic rings. The van der Waals surface area contributed by atoms with Crippen LogP contribution in [0.1, 0.15) is 0 Å². The van der Waals surface area contributed by atoms with Crippen molar-refractivity contribution in [2.24, 2.45) is 10.9 Å². The summed E-state index contributed by atoms with van der Waals surface area (Å²) in [7, 11) is 1.06. The molecule has 5 rings (SSSR count). The highest BCUT2D eigenvalue weighted by Crippen LogP contribution is 2.46. The standard InChI is InChI=1S/C19H19FN10O5S2/c1-35-25-14(20)15(31)24-12-16(32)29-13(19(33)34)8(17(36-18(12)29)28-7-10(22)37-26-28)6-27-5-3-9(21)30-11(27)2-4-23-30/h2-5,7,12,17-18,21,26H,6,22H2,1H3,(H2,24,31,33,34)/p+1/t12?,17?,18-/m0/s1. The Balaban J connectivity index is 1.56. The van der Waals surface area contributed by atoms with Crippen molar-refractivity contribution < 1.29 is 33.3 Å². The number of nitrogens with two attached hydrogens (primary N) is 2. The monoisotopic (exact) mass is 551 g/mol. The van der Waals surface area contributed by atoms with E-state index < -0.39 is 40.5 Å². The summed E-state index contributed by atoms with van der Waals surface area (Å²) in [5.74, 6) is -4.41. The Morgan fingerprint density at radius 3 is 2.86 bits per heavy atom. The maximum absolute atomic E-state index is 13.8. The molecule has 15 nitrogen and oxygen atoms in total. The van der Waals surface area contributed by atoms with Gasteiger partial charge in [-0.3, -0.25) is 19.5 Å². The van der Waals surface area contributed by atoms with E-state index in [-0.39, 0.29) is 12.2 Å². The fourth-order valence-corrected chi connectivity index (χ4v) is 6.30. The molecule has 1 fully saturated rings. The van der Waals surface area contributed by atoms with E-state index >= 15 is 0 Å². The van der Waals surface area contributed by atoms with Crippen LogP contribution in [0.25, 0.3) is 5.65 Å². The van der Waals surface area contributed by atoms with Crippen molar-refractivity contribution in [3.63, 3.8) is 0 Å². The molecule has 2 aromatic heterocycles. The lowest BCUT2D eigenvalue weighted by Gasteiger charge is -2.52. The number of aliphatic carboxylic acids is 1. The molecule has 3 atom stereocenters. The number of carbonyl (C=O) groups is 3. The molecule has 18 heteroatoms. The van der Waals surface area contributed by atoms with Crippen molar-refractivity contribution in [1.29, 1.82) is 0 Å². The van der Waals surface area contributed by atoms with Crippen LogP contribution in [0.5, 0.6) is 0 Å². The van der Waals surface area contributed by atoms with Gasteiger partial charge in [-0.05, 0) is 17.1 Å². The van der Waals surface area contributed by atoms with E-state index in [0.717, 1.165) is 24.0 Å². The molecule has 0 aliphatic carbocycles. The van der Waals surface area contributed by atoms with Crippen LogP contribution in [0.15, 0.2) is 52.2 Å². The van der Waals surface area contributed by atoms with E-state index in [4.69, 9.17) is 11.5 Å². The van der Waals surface area contributed by atoms with Crippen molar-refractivity contribution in [3.05, 3.63) is 47.0 Å². The molecule has 0 aromatic carbocycles. The number of carbonyl (C=O) groups excluding carboxylic acids is 2. The fraction of sp³-hybridized carbons (Fsp3) is 0.263. The van der Waals surface area contributed by atoms with Crippen molar-refractivity contribution >= 4 is 58.9 Å². The van der Waals surface area contributed by atoms with Gasteiger partial charge in [0.05, 0.1) is 18.5 Å². The molecular weight excluding hydrogens is 531 g/mol. The summed E-state index contributed by atoms with van der Waals surface area (Å²) in [4.78, 5) is 46.0. The quantitative estimate of drug-likeness (QED) is 0.0872. The minimum atomic E-state index is -1.47. The minimum Gasteiger partial charge on any atom is -0.477 e. The van der Waals surface area contributed by atoms with Crippen LogP contribution in [-0.2, 0) is 25.8 Å². The van der Waals surface area contributed by atoms with Crippen LogP contribution in [0.3, 0.4) is 0 Å². The number of oxime groups is 1. The molecule has 2 unspecified atom stereocenters. The molecule has 2 amide bonds. The van der Waals surface area contributed by atoms with Crippen molar-refractivity contribution in [1.82, 2.24) is 29.7 Å². The zero-order valence-corrected chi connectivity index (χ0v) is 20.6. The molecule has 7 N–H and O–H groups in total. The number of β-lactam (4-membered cyclic amide) rings is 1. The average Bonchev–Trinajstić information content (AvgIpc) is 3.53. The van der Waals surface area contributed by atoms with E-state index in [1.807, 2.05) is 0 Å². The summed E-state index contributed by atoms with van der Waals surface area (Å²) >= 11 is 2.31. The second-order valence-corrected chi connectivity index (χ2v) is 9.94. The predicted octanol–water partition coefficient (Wildman–Crippen LogP) is -1.58. The SMILES string of the molecule is CON=C(F)C(=O)NC1C(=O)N2C(C(=O)O)=C(C[n+]3ccc(N)n4nccc43)C(N3C=C(N)SN3)S[C@@H]12. The van der Waals surface area contributed by atoms with Crippen molar-refractivity contribution in [2.45, 2.75) is 23.3 Å². The molecule has 1 saturated heterocycles. The number of hydrazine groups is 1. The van der Waals surface area contributed by atoms with Crippen LogP contribution in [0, 0.1) is 0 Å². The van der Waals surface area contributed by atoms with Gasteiger partial charge in [-0.1, -0.05) is 9.61 Å². The van der Waals surface area contributed by atoms with Crippen LogP contribution in [-0.4, -0.2) is 72.3 Å². The Morgan fingerprint density at radius 2 is 2.19 bits per heavy atom. The second kappa shape index (κ2) is 9.45. The van der Waals surface area contributed by atoms with Crippen molar-refractivity contribution in [2.75, 3.05) is 12.8 Å². The smallest absolute Gasteiger partial charge is 0.352 e. The van der Waals surface area contributed by atoms with Gasteiger partial charge in [0.2, 0.25) is 5.82 Å². The lowest BCUT2D eigenvalue weighted by atomic mass is 10.0. The Morgan fingerprint density at radius 1 is 1.41 bits per heavy atom. The zero-order valence-electron chi connectivity index (χ0n) is 18.9. The predicted molar refractivity (Wildman–Crippen MR) is 129 cm³/mol. The van der Waals surface area contributed by atoms with Gasteiger partial charge in [-0.25, -0.2) is 9.36 Å². The highest BCUT2D eigenvalue weighted by Gasteiger charge is 2.57. The number of nitrogen functional groups attached to an aromatic ring is 1. The van der Waals surface area contributed by atoms with E-state index in [2.05, 4.69) is 25.2 Å². The third kappa shape index (κ3) is 4.17. The number of rotatable bonds is 7. The molecule has 37 heavy (non-hydrogen) atoms. The molecule has 0 spiro atoms. The third-order valence-corrected chi connectivity index (χ3v) is 7.89. The van der Waals surface area contributed by atoms with Gasteiger partial charge in [0.25, 0.3) is 5.91 Å². The number of halogens is 1. The van der Waals surface area contributed by atoms with E-state index in [9.17, 15) is 23.9 Å². The van der Waals surface area contributed by atoms with Gasteiger partial charge < -0.3 is 26.7 Å². The number of fused-ring (bicyclic) bond motifs is 2. The highest BCUT2D eigenvalue weighted by atomic mass is 32.2. The van der Waals surface area contributed by atoms with Crippen LogP contribution in [0.4, 0.5) is 10.2 Å². The van der Waals surface area contributed by atoms with Gasteiger partial charge in [-0.2, -0.15) is 9.22 Å². The molecule has 0 bridgehead atoms. The number of thioether (sulfide) groups is 1. The number of hydrogen-bond acceptors (Lipinski definition) is 12. The number of nitrogens with one attached hydrogen (secondary N) is 2. The normalized spacial score (nSPS) is 23.6. The summed E-state index contributed by atoms with van der Waals surface area (Å²) in [6.07, 6.45) is 4.83. The first kappa shape index (κ1) is 24.7. The maximum atomic E-state index is 13.8. The summed E-state index contributed by atoms with van der Waals surface area (Å²) in [6.45, 7) is 0.0496. The molecule has 0 saturated carbocycles. The molecule has 3 aliphatic heterocycles. The number of carboxylic acid groups (broad SMARTS) is 1. The zero-order chi connectivity index (χ0) is 26.4. The molecule has 194 valence electrons. The maximum Gasteiger partial charge on any atom is 0.352 e. The molecule has 5 heterocycles. The van der Waals surface area contributed by atoms with Crippen LogP contribution < -0.4 is 26.2 Å². The summed E-state index contributed by atoms with van der Waals surface area (Å²) < 4.78 is 17.0. The second-order valence-electron chi connectivity index (χ2n) is 7.88. The van der Waals surface area contributed by atoms with Crippen LogP contribution in [0.2, 0.25) is 0 Å². The van der Waals surface area contributed by atoms with Gasteiger partial charge in [-0.15, -0.1) is 11.8 Å². The third-order valence-electron chi connectivity index (χ3n) is 5.72. The summed E-state index contributed by atoms with van der Waals surface area (Å²) in [5.41, 5.74) is 12.6. The van der Waals surface area contributed by atoms with E-state index in [0.29, 0.717) is 22.1 Å². The first-order chi connectivity index (χ1) is 17.7. The molecule has 2 aromatic rings. The van der Waals surface area contributed by atoms with Crippen molar-refractivity contribution in [3.8, 4) is 0 Å². The number of anilines is 1. The topological polar surface area (TPSA) is 197 Å². The fourth-order valence-electron chi connectivity index (χ4n) is 4.16.